The zero-order chi connectivity index (χ0) is 30.0. The van der Waals surface area contributed by atoms with Crippen LogP contribution in [0.25, 0.3) is 17.0 Å². The molecule has 6 rings (SSSR count). The van der Waals surface area contributed by atoms with Crippen molar-refractivity contribution in [2.75, 3.05) is 56.2 Å². The van der Waals surface area contributed by atoms with Crippen molar-refractivity contribution in [2.45, 2.75) is 65.3 Å². The van der Waals surface area contributed by atoms with Crippen LogP contribution in [-0.2, 0) is 11.2 Å². The topological polar surface area (TPSA) is 84.2 Å². The van der Waals surface area contributed by atoms with Gasteiger partial charge < -0.3 is 19.9 Å². The maximum absolute atomic E-state index is 14.3. The van der Waals surface area contributed by atoms with Gasteiger partial charge in [0.1, 0.15) is 0 Å². The first-order valence-corrected chi connectivity index (χ1v) is 15.2. The van der Waals surface area contributed by atoms with Crippen LogP contribution in [0, 0.1) is 0 Å². The van der Waals surface area contributed by atoms with Crippen LogP contribution < -0.4 is 10.2 Å². The Bertz CT molecular complexity index is 1540. The quantitative estimate of drug-likeness (QED) is 0.239. The lowest BCUT2D eigenvalue weighted by Gasteiger charge is -2.34. The number of rotatable bonds is 9. The summed E-state index contributed by atoms with van der Waals surface area (Å²) in [7, 11) is 0. The molecule has 2 saturated heterocycles. The number of benzene rings is 2. The van der Waals surface area contributed by atoms with Crippen molar-refractivity contribution in [3.8, 4) is 5.95 Å². The predicted molar refractivity (Wildman–Crippen MR) is 171 cm³/mol. The number of hydrogen-bond acceptors (Lipinski definition) is 8. The highest BCUT2D eigenvalue weighted by atomic mass is 19.3. The molecule has 236 valence electrons. The third kappa shape index (κ3) is 6.83. The van der Waals surface area contributed by atoms with Gasteiger partial charge in [-0.05, 0) is 81.9 Å². The van der Waals surface area contributed by atoms with Crippen molar-refractivity contribution in [3.63, 3.8) is 0 Å². The summed E-state index contributed by atoms with van der Waals surface area (Å²) >= 11 is 0. The number of nitrogens with one attached hydrogen (secondary N) is 1. The molecule has 0 amide bonds. The molecule has 11 heteroatoms. The molecule has 1 N–H and O–H groups in total. The van der Waals surface area contributed by atoms with Crippen molar-refractivity contribution in [2.24, 2.45) is 0 Å². The lowest BCUT2D eigenvalue weighted by atomic mass is 9.83. The van der Waals surface area contributed by atoms with Crippen LogP contribution in [-0.4, -0.2) is 80.9 Å². The molecule has 4 heterocycles. The van der Waals surface area contributed by atoms with Crippen LogP contribution in [0.1, 0.15) is 70.3 Å². The summed E-state index contributed by atoms with van der Waals surface area (Å²) in [6, 6.07) is 15.8. The fourth-order valence-electron chi connectivity index (χ4n) is 6.29. The number of fused-ring (bicyclic) bond motifs is 1. The molecule has 0 bridgehead atoms. The number of halogens is 2. The Morgan fingerprint density at radius 2 is 1.59 bits per heavy atom. The molecule has 44 heavy (non-hydrogen) atoms. The number of piperidine rings is 1. The number of para-hydroxylation sites is 2. The molecule has 0 saturated carbocycles. The van der Waals surface area contributed by atoms with Gasteiger partial charge in [0, 0.05) is 18.6 Å². The highest BCUT2D eigenvalue weighted by Crippen LogP contribution is 2.33. The van der Waals surface area contributed by atoms with E-state index in [9.17, 15) is 8.78 Å². The molecule has 0 radical (unpaired) electrons. The van der Waals surface area contributed by atoms with Gasteiger partial charge in [0.05, 0.1) is 24.2 Å². The van der Waals surface area contributed by atoms with Gasteiger partial charge in [-0.1, -0.05) is 50.7 Å². The van der Waals surface area contributed by atoms with E-state index in [4.69, 9.17) is 14.7 Å². The monoisotopic (exact) mass is 606 g/mol. The zero-order valence-electron chi connectivity index (χ0n) is 25.1. The number of morpholine rings is 1. The van der Waals surface area contributed by atoms with Gasteiger partial charge in [-0.2, -0.15) is 15.0 Å². The molecular weight excluding hydrogens is 562 g/mol. The van der Waals surface area contributed by atoms with E-state index in [1.54, 1.807) is 24.3 Å². The second-order valence-electron chi connectivity index (χ2n) is 12.0. The van der Waals surface area contributed by atoms with E-state index in [1.807, 2.05) is 4.90 Å². The number of ether oxygens (including phenoxy) is 1. The molecule has 2 aliphatic rings. The molecule has 0 unspecified atom stereocenters. The average Bonchev–Trinajstić information content (AvgIpc) is 3.42. The van der Waals surface area contributed by atoms with Gasteiger partial charge in [0.2, 0.25) is 17.8 Å². The molecule has 4 aromatic rings. The first-order chi connectivity index (χ1) is 20.8. The van der Waals surface area contributed by atoms with E-state index < -0.39 is 17.8 Å². The standard InChI is InChI=1S/C32H40F2N8O.CH4/c1-4-40-15-13-22(14-16-40)24-10-6-5-9-23(24)21-32(2,3)39-29-36-30(41-17-19-43-20-18-41)38-31(37-29)42-26-12-8-7-11-25(26)35-28(42)27(33)34;/h5-12,22,27H,4,13-21H2,1-3H3,(H,36,37,38,39);1H4. The van der Waals surface area contributed by atoms with Crippen LogP contribution in [0.2, 0.25) is 0 Å². The summed E-state index contributed by atoms with van der Waals surface area (Å²) in [5.41, 5.74) is 3.25. The average molecular weight is 607 g/mol. The lowest BCUT2D eigenvalue weighted by molar-refractivity contribution is 0.122. The minimum atomic E-state index is -2.80. The van der Waals surface area contributed by atoms with Gasteiger partial charge >= 0.3 is 0 Å². The Morgan fingerprint density at radius 3 is 2.32 bits per heavy atom. The Kier molecular flexibility index (Phi) is 9.75. The van der Waals surface area contributed by atoms with Crippen LogP contribution in [0.3, 0.4) is 0 Å². The number of nitrogens with zero attached hydrogens (tertiary/aromatic N) is 7. The zero-order valence-corrected chi connectivity index (χ0v) is 25.1. The minimum Gasteiger partial charge on any atom is -0.378 e. The molecule has 0 spiro atoms. The fourth-order valence-corrected chi connectivity index (χ4v) is 6.29. The van der Waals surface area contributed by atoms with Crippen LogP contribution in [0.15, 0.2) is 48.5 Å². The molecule has 2 aliphatic heterocycles. The van der Waals surface area contributed by atoms with Crippen molar-refractivity contribution >= 4 is 22.9 Å². The van der Waals surface area contributed by atoms with Crippen molar-refractivity contribution in [1.29, 1.82) is 0 Å². The molecule has 2 aromatic heterocycles. The van der Waals surface area contributed by atoms with E-state index in [-0.39, 0.29) is 13.4 Å². The first kappa shape index (κ1) is 31.7. The van der Waals surface area contributed by atoms with Gasteiger partial charge in [0.25, 0.3) is 6.43 Å². The van der Waals surface area contributed by atoms with Crippen LogP contribution in [0.4, 0.5) is 20.7 Å². The van der Waals surface area contributed by atoms with E-state index >= 15 is 0 Å². The Hall–Kier alpha value is -3.70. The highest BCUT2D eigenvalue weighted by molar-refractivity contribution is 5.77. The Labute approximate surface area is 258 Å². The molecule has 2 fully saturated rings. The summed E-state index contributed by atoms with van der Waals surface area (Å²) in [6.07, 6.45) is 0.263. The number of aromatic nitrogens is 5. The van der Waals surface area contributed by atoms with E-state index in [1.165, 1.54) is 15.7 Å². The second kappa shape index (κ2) is 13.5. The molecular formula is C33H44F2N8O. The maximum Gasteiger partial charge on any atom is 0.296 e. The van der Waals surface area contributed by atoms with Crippen molar-refractivity contribution in [1.82, 2.24) is 29.4 Å². The Balaban J connectivity index is 0.00000384. The van der Waals surface area contributed by atoms with E-state index in [0.29, 0.717) is 55.2 Å². The molecule has 2 aromatic carbocycles. The maximum atomic E-state index is 14.3. The molecule has 9 nitrogen and oxygen atoms in total. The largest absolute Gasteiger partial charge is 0.378 e. The predicted octanol–water partition coefficient (Wildman–Crippen LogP) is 6.25. The smallest absolute Gasteiger partial charge is 0.296 e. The third-order valence-corrected chi connectivity index (χ3v) is 8.50. The summed E-state index contributed by atoms with van der Waals surface area (Å²) in [6.45, 7) is 12.1. The van der Waals surface area contributed by atoms with Gasteiger partial charge in [0.15, 0.2) is 5.82 Å². The summed E-state index contributed by atoms with van der Waals surface area (Å²) in [5.74, 6) is 1.01. The van der Waals surface area contributed by atoms with Crippen molar-refractivity contribution < 1.29 is 13.5 Å². The first-order valence-electron chi connectivity index (χ1n) is 15.2. The SMILES string of the molecule is C.CCN1CCC(c2ccccc2CC(C)(C)Nc2nc(N3CCOCC3)nc(-n3c(C(F)F)nc4ccccc43)n2)CC1. The van der Waals surface area contributed by atoms with Crippen molar-refractivity contribution in [3.05, 3.63) is 65.5 Å². The number of likely N-dealkylation sites (tertiary alicyclic amines) is 1. The highest BCUT2D eigenvalue weighted by Gasteiger charge is 2.28. The third-order valence-electron chi connectivity index (χ3n) is 8.50. The van der Waals surface area contributed by atoms with E-state index in [2.05, 4.69) is 65.2 Å². The van der Waals surface area contributed by atoms with E-state index in [0.717, 1.165) is 38.9 Å². The lowest BCUT2D eigenvalue weighted by Crippen LogP contribution is -2.39. The number of imidazole rings is 1. The number of alkyl halides is 2. The van der Waals surface area contributed by atoms with Gasteiger partial charge in [-0.3, -0.25) is 4.57 Å². The Morgan fingerprint density at radius 1 is 0.909 bits per heavy atom. The van der Waals surface area contributed by atoms with Crippen LogP contribution in [0.5, 0.6) is 0 Å². The normalized spacial score (nSPS) is 16.8. The summed E-state index contributed by atoms with van der Waals surface area (Å²) in [5, 5.41) is 3.54. The van der Waals surface area contributed by atoms with Gasteiger partial charge in [-0.25, -0.2) is 13.8 Å². The fraction of sp³-hybridized carbons (Fsp3) is 0.515. The summed E-state index contributed by atoms with van der Waals surface area (Å²) in [4.78, 5) is 22.9. The molecule has 0 aliphatic carbocycles. The summed E-state index contributed by atoms with van der Waals surface area (Å²) < 4.78 is 35.4. The van der Waals surface area contributed by atoms with Gasteiger partial charge in [-0.15, -0.1) is 0 Å². The van der Waals surface area contributed by atoms with Crippen LogP contribution >= 0.6 is 0 Å². The number of anilines is 2. The number of hydrogen-bond donors (Lipinski definition) is 1. The second-order valence-corrected chi connectivity index (χ2v) is 12.0. The minimum absolute atomic E-state index is 0. The molecule has 0 atom stereocenters.